The molecule has 0 unspecified atom stereocenters. The van der Waals surface area contributed by atoms with E-state index in [4.69, 9.17) is 4.52 Å². The zero-order chi connectivity index (χ0) is 19.3. The number of carbonyl (C=O) groups is 1. The van der Waals surface area contributed by atoms with Crippen molar-refractivity contribution in [2.45, 2.75) is 19.5 Å². The third-order valence-electron chi connectivity index (χ3n) is 4.40. The van der Waals surface area contributed by atoms with E-state index in [1.165, 1.54) is 10.9 Å². The Kier molecular flexibility index (Phi) is 4.97. The van der Waals surface area contributed by atoms with Crippen molar-refractivity contribution in [2.24, 2.45) is 0 Å². The summed E-state index contributed by atoms with van der Waals surface area (Å²) >= 11 is 0. The van der Waals surface area contributed by atoms with Gasteiger partial charge in [-0.3, -0.25) is 14.2 Å². The van der Waals surface area contributed by atoms with Crippen LogP contribution in [0.4, 0.5) is 0 Å². The number of benzene rings is 2. The fourth-order valence-corrected chi connectivity index (χ4v) is 2.90. The maximum atomic E-state index is 12.4. The van der Waals surface area contributed by atoms with Gasteiger partial charge in [-0.05, 0) is 12.1 Å². The van der Waals surface area contributed by atoms with Crippen molar-refractivity contribution in [3.05, 3.63) is 83.0 Å². The Bertz CT molecular complexity index is 1160. The summed E-state index contributed by atoms with van der Waals surface area (Å²) in [4.78, 5) is 28.8. The minimum atomic E-state index is -0.177. The summed E-state index contributed by atoms with van der Waals surface area (Å²) in [5.74, 6) is 0.475. The molecule has 0 saturated carbocycles. The maximum Gasteiger partial charge on any atom is 0.261 e. The highest BCUT2D eigenvalue weighted by Crippen LogP contribution is 2.19. The van der Waals surface area contributed by atoms with Crippen LogP contribution in [-0.4, -0.2) is 20.6 Å². The fraction of sp³-hybridized carbons (Fsp3) is 0.143. The van der Waals surface area contributed by atoms with E-state index in [-0.39, 0.29) is 31.0 Å². The molecule has 7 heteroatoms. The van der Waals surface area contributed by atoms with Gasteiger partial charge in [0.05, 0.1) is 23.8 Å². The number of nitrogens with zero attached hydrogens (tertiary/aromatic N) is 3. The number of rotatable bonds is 6. The summed E-state index contributed by atoms with van der Waals surface area (Å²) in [5.41, 5.74) is 2.06. The van der Waals surface area contributed by atoms with Crippen molar-refractivity contribution < 1.29 is 9.32 Å². The van der Waals surface area contributed by atoms with E-state index in [0.717, 1.165) is 5.56 Å². The summed E-state index contributed by atoms with van der Waals surface area (Å²) in [6.07, 6.45) is 1.64. The molecule has 0 atom stereocenters. The number of amides is 1. The molecule has 4 rings (SSSR count). The second kappa shape index (κ2) is 7.87. The van der Waals surface area contributed by atoms with Gasteiger partial charge in [-0.25, -0.2) is 4.98 Å². The highest BCUT2D eigenvalue weighted by atomic mass is 16.5. The van der Waals surface area contributed by atoms with Gasteiger partial charge in [0.1, 0.15) is 5.69 Å². The van der Waals surface area contributed by atoms with Crippen LogP contribution in [0.5, 0.6) is 0 Å². The third-order valence-corrected chi connectivity index (χ3v) is 4.40. The van der Waals surface area contributed by atoms with Gasteiger partial charge in [-0.1, -0.05) is 47.6 Å². The van der Waals surface area contributed by atoms with Gasteiger partial charge in [0.25, 0.3) is 5.56 Å². The van der Waals surface area contributed by atoms with E-state index in [1.54, 1.807) is 24.3 Å². The first kappa shape index (κ1) is 17.7. The molecule has 7 nitrogen and oxygen atoms in total. The first-order chi connectivity index (χ1) is 13.7. The van der Waals surface area contributed by atoms with Crippen molar-refractivity contribution in [1.29, 1.82) is 0 Å². The summed E-state index contributed by atoms with van der Waals surface area (Å²) in [6.45, 7) is 0.524. The van der Waals surface area contributed by atoms with Crippen LogP contribution in [0.2, 0.25) is 0 Å². The van der Waals surface area contributed by atoms with Crippen LogP contribution < -0.4 is 10.9 Å². The standard InChI is InChI=1S/C21H18N4O3/c26-20(10-11-25-14-23-18-9-5-4-8-17(18)21(25)27)22-13-16-12-19(28-24-16)15-6-2-1-3-7-15/h1-9,12,14H,10-11,13H2,(H,22,26). The topological polar surface area (TPSA) is 90.0 Å². The second-order valence-electron chi connectivity index (χ2n) is 6.34. The lowest BCUT2D eigenvalue weighted by Crippen LogP contribution is -2.27. The van der Waals surface area contributed by atoms with E-state index in [9.17, 15) is 9.59 Å². The Morgan fingerprint density at radius 2 is 1.86 bits per heavy atom. The zero-order valence-corrected chi connectivity index (χ0v) is 15.0. The van der Waals surface area contributed by atoms with Crippen LogP contribution in [0.15, 0.2) is 76.3 Å². The molecular formula is C21H18N4O3. The van der Waals surface area contributed by atoms with Crippen LogP contribution in [0.3, 0.4) is 0 Å². The van der Waals surface area contributed by atoms with Crippen LogP contribution in [0, 0.1) is 0 Å². The molecule has 0 saturated heterocycles. The van der Waals surface area contributed by atoms with Crippen molar-refractivity contribution >= 4 is 16.8 Å². The molecule has 0 spiro atoms. The number of nitrogens with one attached hydrogen (secondary N) is 1. The largest absolute Gasteiger partial charge is 0.356 e. The first-order valence-corrected chi connectivity index (χ1v) is 8.92. The maximum absolute atomic E-state index is 12.4. The monoisotopic (exact) mass is 374 g/mol. The van der Waals surface area contributed by atoms with Gasteiger partial charge in [0.2, 0.25) is 5.91 Å². The molecule has 0 aliphatic heterocycles. The number of para-hydroxylation sites is 1. The summed E-state index contributed by atoms with van der Waals surface area (Å²) in [5, 5.41) is 7.31. The van der Waals surface area contributed by atoms with Crippen LogP contribution in [0.25, 0.3) is 22.2 Å². The van der Waals surface area contributed by atoms with Crippen LogP contribution >= 0.6 is 0 Å². The van der Waals surface area contributed by atoms with Gasteiger partial charge in [-0.15, -0.1) is 0 Å². The average molecular weight is 374 g/mol. The molecule has 1 N–H and O–H groups in total. The molecule has 2 aromatic heterocycles. The van der Waals surface area contributed by atoms with E-state index < -0.39 is 0 Å². The van der Waals surface area contributed by atoms with Crippen molar-refractivity contribution in [1.82, 2.24) is 20.0 Å². The van der Waals surface area contributed by atoms with Gasteiger partial charge in [0, 0.05) is 24.6 Å². The lowest BCUT2D eigenvalue weighted by Gasteiger charge is -2.07. The number of fused-ring (bicyclic) bond motifs is 1. The van der Waals surface area contributed by atoms with Gasteiger partial charge < -0.3 is 9.84 Å². The molecule has 2 aromatic carbocycles. The molecule has 0 aliphatic rings. The number of aromatic nitrogens is 3. The normalized spacial score (nSPS) is 10.9. The Labute approximate surface area is 160 Å². The molecule has 0 bridgehead atoms. The fourth-order valence-electron chi connectivity index (χ4n) is 2.90. The van der Waals surface area contributed by atoms with Gasteiger partial charge >= 0.3 is 0 Å². The smallest absolute Gasteiger partial charge is 0.261 e. The Balaban J connectivity index is 1.34. The minimum Gasteiger partial charge on any atom is -0.356 e. The minimum absolute atomic E-state index is 0.151. The molecule has 28 heavy (non-hydrogen) atoms. The average Bonchev–Trinajstić information content (AvgIpc) is 3.22. The van der Waals surface area contributed by atoms with E-state index in [0.29, 0.717) is 22.4 Å². The number of aryl methyl sites for hydroxylation is 1. The second-order valence-corrected chi connectivity index (χ2v) is 6.34. The third kappa shape index (κ3) is 3.83. The molecule has 4 aromatic rings. The molecule has 140 valence electrons. The van der Waals surface area contributed by atoms with Crippen LogP contribution in [0.1, 0.15) is 12.1 Å². The van der Waals surface area contributed by atoms with Gasteiger partial charge in [0.15, 0.2) is 5.76 Å². The lowest BCUT2D eigenvalue weighted by molar-refractivity contribution is -0.121. The summed E-state index contributed by atoms with van der Waals surface area (Å²) in [7, 11) is 0. The van der Waals surface area contributed by atoms with Crippen molar-refractivity contribution in [2.75, 3.05) is 0 Å². The van der Waals surface area contributed by atoms with Crippen LogP contribution in [-0.2, 0) is 17.9 Å². The molecule has 2 heterocycles. The highest BCUT2D eigenvalue weighted by Gasteiger charge is 2.09. The van der Waals surface area contributed by atoms with Crippen molar-refractivity contribution in [3.8, 4) is 11.3 Å². The van der Waals surface area contributed by atoms with E-state index in [2.05, 4.69) is 15.5 Å². The molecular weight excluding hydrogens is 356 g/mol. The predicted molar refractivity (Wildman–Crippen MR) is 104 cm³/mol. The quantitative estimate of drug-likeness (QED) is 0.560. The summed E-state index contributed by atoms with van der Waals surface area (Å²) < 4.78 is 6.76. The predicted octanol–water partition coefficient (Wildman–Crippen LogP) is 2.76. The molecule has 0 radical (unpaired) electrons. The SMILES string of the molecule is O=C(CCn1cnc2ccccc2c1=O)NCc1cc(-c2ccccc2)on1. The number of hydrogen-bond donors (Lipinski definition) is 1. The Morgan fingerprint density at radius 1 is 1.07 bits per heavy atom. The van der Waals surface area contributed by atoms with Crippen molar-refractivity contribution in [3.63, 3.8) is 0 Å². The Morgan fingerprint density at radius 3 is 2.71 bits per heavy atom. The summed E-state index contributed by atoms with van der Waals surface area (Å²) in [6, 6.07) is 18.6. The van der Waals surface area contributed by atoms with Gasteiger partial charge in [-0.2, -0.15) is 0 Å². The molecule has 0 fully saturated rings. The molecule has 1 amide bonds. The number of carbonyl (C=O) groups excluding carboxylic acids is 1. The highest BCUT2D eigenvalue weighted by molar-refractivity contribution is 5.77. The van der Waals surface area contributed by atoms with E-state index in [1.807, 2.05) is 36.4 Å². The Hall–Kier alpha value is -3.74. The first-order valence-electron chi connectivity index (χ1n) is 8.92. The molecule has 0 aliphatic carbocycles. The lowest BCUT2D eigenvalue weighted by atomic mass is 10.2. The van der Waals surface area contributed by atoms with E-state index >= 15 is 0 Å². The zero-order valence-electron chi connectivity index (χ0n) is 15.0. The number of hydrogen-bond acceptors (Lipinski definition) is 5.